The van der Waals surface area contributed by atoms with Gasteiger partial charge in [-0.3, -0.25) is 4.98 Å². The normalized spacial score (nSPS) is 10.5. The second-order valence-corrected chi connectivity index (χ2v) is 6.26. The SMILES string of the molecule is OCCCNc1nc(Nc2cccc(Br)c2)cc(-c2cccnc2)n1. The Morgan fingerprint density at radius 3 is 2.76 bits per heavy atom. The standard InChI is InChI=1S/C18H18BrN5O/c19-14-5-1-6-15(10-14)22-17-11-16(13-4-2-7-20-12-13)23-18(24-17)21-8-3-9-25/h1-2,4-7,10-12,25H,3,8-9H2,(H2,21,22,23,24). The van der Waals surface area contributed by atoms with Crippen molar-refractivity contribution < 1.29 is 5.11 Å². The number of anilines is 3. The molecule has 3 rings (SSSR count). The van der Waals surface area contributed by atoms with Crippen LogP contribution in [0.25, 0.3) is 11.3 Å². The minimum Gasteiger partial charge on any atom is -0.396 e. The van der Waals surface area contributed by atoms with Gasteiger partial charge in [0, 0.05) is 47.3 Å². The number of pyridine rings is 1. The molecule has 25 heavy (non-hydrogen) atoms. The van der Waals surface area contributed by atoms with Crippen molar-refractivity contribution in [1.82, 2.24) is 15.0 Å². The molecule has 3 N–H and O–H groups in total. The lowest BCUT2D eigenvalue weighted by atomic mass is 10.2. The van der Waals surface area contributed by atoms with Crippen LogP contribution in [-0.2, 0) is 0 Å². The first-order valence-corrected chi connectivity index (χ1v) is 8.71. The average Bonchev–Trinajstić information content (AvgIpc) is 2.63. The van der Waals surface area contributed by atoms with E-state index in [4.69, 9.17) is 5.11 Å². The van der Waals surface area contributed by atoms with Crippen LogP contribution >= 0.6 is 15.9 Å². The monoisotopic (exact) mass is 399 g/mol. The Balaban J connectivity index is 1.91. The van der Waals surface area contributed by atoms with Gasteiger partial charge in [0.25, 0.3) is 0 Å². The summed E-state index contributed by atoms with van der Waals surface area (Å²) in [4.78, 5) is 13.2. The van der Waals surface area contributed by atoms with Crippen molar-refractivity contribution in [3.05, 3.63) is 59.3 Å². The molecule has 3 aromatic rings. The molecule has 0 aliphatic heterocycles. The van der Waals surface area contributed by atoms with Gasteiger partial charge in [-0.25, -0.2) is 4.98 Å². The lowest BCUT2D eigenvalue weighted by Gasteiger charge is -2.11. The highest BCUT2D eigenvalue weighted by Gasteiger charge is 2.07. The van der Waals surface area contributed by atoms with Crippen LogP contribution in [-0.4, -0.2) is 33.2 Å². The summed E-state index contributed by atoms with van der Waals surface area (Å²) in [5.41, 5.74) is 2.60. The Labute approximate surface area is 154 Å². The number of nitrogens with zero attached hydrogens (tertiary/aromatic N) is 3. The third kappa shape index (κ3) is 4.98. The molecule has 0 aliphatic rings. The first-order valence-electron chi connectivity index (χ1n) is 7.91. The van der Waals surface area contributed by atoms with E-state index in [-0.39, 0.29) is 6.61 Å². The second-order valence-electron chi connectivity index (χ2n) is 5.34. The van der Waals surface area contributed by atoms with E-state index < -0.39 is 0 Å². The lowest BCUT2D eigenvalue weighted by Crippen LogP contribution is -2.08. The molecule has 7 heteroatoms. The van der Waals surface area contributed by atoms with Gasteiger partial charge in [0.1, 0.15) is 5.82 Å². The van der Waals surface area contributed by atoms with Crippen LogP contribution in [0.15, 0.2) is 59.3 Å². The molecule has 0 saturated carbocycles. The highest BCUT2D eigenvalue weighted by atomic mass is 79.9. The number of halogens is 1. The van der Waals surface area contributed by atoms with Gasteiger partial charge in [-0.05, 0) is 36.8 Å². The van der Waals surface area contributed by atoms with Crippen molar-refractivity contribution in [3.8, 4) is 11.3 Å². The molecule has 0 aliphatic carbocycles. The number of hydrogen-bond donors (Lipinski definition) is 3. The van der Waals surface area contributed by atoms with Crippen LogP contribution in [0, 0.1) is 0 Å². The fraction of sp³-hybridized carbons (Fsp3) is 0.167. The van der Waals surface area contributed by atoms with Crippen LogP contribution < -0.4 is 10.6 Å². The van der Waals surface area contributed by atoms with E-state index in [1.165, 1.54) is 0 Å². The van der Waals surface area contributed by atoms with Crippen LogP contribution in [0.5, 0.6) is 0 Å². The summed E-state index contributed by atoms with van der Waals surface area (Å²) < 4.78 is 0.986. The number of nitrogens with one attached hydrogen (secondary N) is 2. The van der Waals surface area contributed by atoms with E-state index in [1.54, 1.807) is 12.4 Å². The predicted octanol–water partition coefficient (Wildman–Crippen LogP) is 3.84. The van der Waals surface area contributed by atoms with Gasteiger partial charge in [0.05, 0.1) is 5.69 Å². The van der Waals surface area contributed by atoms with Crippen molar-refractivity contribution in [2.24, 2.45) is 0 Å². The van der Waals surface area contributed by atoms with E-state index >= 15 is 0 Å². The average molecular weight is 400 g/mol. The second kappa shape index (κ2) is 8.55. The zero-order valence-electron chi connectivity index (χ0n) is 13.5. The number of hydrogen-bond acceptors (Lipinski definition) is 6. The van der Waals surface area contributed by atoms with E-state index in [0.717, 1.165) is 21.4 Å². The maximum absolute atomic E-state index is 8.95. The quantitative estimate of drug-likeness (QED) is 0.523. The van der Waals surface area contributed by atoms with Crippen molar-refractivity contribution in [2.45, 2.75) is 6.42 Å². The van der Waals surface area contributed by atoms with Crippen molar-refractivity contribution in [1.29, 1.82) is 0 Å². The Bertz CT molecular complexity index is 829. The molecule has 0 radical (unpaired) electrons. The Morgan fingerprint density at radius 1 is 1.08 bits per heavy atom. The van der Waals surface area contributed by atoms with Crippen LogP contribution in [0.3, 0.4) is 0 Å². The molecule has 2 aromatic heterocycles. The fourth-order valence-corrected chi connectivity index (χ4v) is 2.65. The molecule has 0 saturated heterocycles. The molecule has 0 bridgehead atoms. The summed E-state index contributed by atoms with van der Waals surface area (Å²) in [5.74, 6) is 1.19. The first kappa shape index (κ1) is 17.3. The summed E-state index contributed by atoms with van der Waals surface area (Å²) in [6, 6.07) is 13.6. The maximum Gasteiger partial charge on any atom is 0.225 e. The topological polar surface area (TPSA) is 83.0 Å². The number of benzene rings is 1. The number of aliphatic hydroxyl groups is 1. The molecule has 6 nitrogen and oxygen atoms in total. The number of rotatable bonds is 7. The van der Waals surface area contributed by atoms with Crippen LogP contribution in [0.4, 0.5) is 17.5 Å². The van der Waals surface area contributed by atoms with Gasteiger partial charge in [-0.1, -0.05) is 22.0 Å². The van der Waals surface area contributed by atoms with Crippen molar-refractivity contribution in [2.75, 3.05) is 23.8 Å². The zero-order valence-corrected chi connectivity index (χ0v) is 15.1. The Hall–Kier alpha value is -2.51. The lowest BCUT2D eigenvalue weighted by molar-refractivity contribution is 0.292. The van der Waals surface area contributed by atoms with E-state index in [9.17, 15) is 0 Å². The van der Waals surface area contributed by atoms with Crippen molar-refractivity contribution >= 4 is 33.4 Å². The minimum atomic E-state index is 0.123. The smallest absolute Gasteiger partial charge is 0.225 e. The molecule has 0 unspecified atom stereocenters. The molecule has 1 aromatic carbocycles. The van der Waals surface area contributed by atoms with Gasteiger partial charge in [-0.15, -0.1) is 0 Å². The largest absolute Gasteiger partial charge is 0.396 e. The van der Waals surface area contributed by atoms with Gasteiger partial charge < -0.3 is 15.7 Å². The Kier molecular flexibility index (Phi) is 5.92. The molecule has 128 valence electrons. The summed E-state index contributed by atoms with van der Waals surface area (Å²) in [5, 5.41) is 15.4. The zero-order chi connectivity index (χ0) is 17.5. The van der Waals surface area contributed by atoms with E-state index in [0.29, 0.717) is 24.7 Å². The van der Waals surface area contributed by atoms with Crippen LogP contribution in [0.2, 0.25) is 0 Å². The third-order valence-electron chi connectivity index (χ3n) is 3.40. The summed E-state index contributed by atoms with van der Waals surface area (Å²) in [6.07, 6.45) is 4.13. The Morgan fingerprint density at radius 2 is 2.00 bits per heavy atom. The highest BCUT2D eigenvalue weighted by molar-refractivity contribution is 9.10. The third-order valence-corrected chi connectivity index (χ3v) is 3.89. The molecule has 0 amide bonds. The highest BCUT2D eigenvalue weighted by Crippen LogP contribution is 2.24. The molecular weight excluding hydrogens is 382 g/mol. The first-order chi connectivity index (χ1) is 12.2. The molecule has 0 fully saturated rings. The molecular formula is C18H18BrN5O. The van der Waals surface area contributed by atoms with E-state index in [1.807, 2.05) is 42.5 Å². The predicted molar refractivity (Wildman–Crippen MR) is 103 cm³/mol. The molecule has 2 heterocycles. The summed E-state index contributed by atoms with van der Waals surface area (Å²) in [7, 11) is 0. The summed E-state index contributed by atoms with van der Waals surface area (Å²) >= 11 is 3.47. The van der Waals surface area contributed by atoms with Crippen molar-refractivity contribution in [3.63, 3.8) is 0 Å². The minimum absolute atomic E-state index is 0.123. The molecule has 0 spiro atoms. The molecule has 0 atom stereocenters. The van der Waals surface area contributed by atoms with Gasteiger partial charge in [0.2, 0.25) is 5.95 Å². The van der Waals surface area contributed by atoms with Crippen LogP contribution in [0.1, 0.15) is 6.42 Å². The van der Waals surface area contributed by atoms with Gasteiger partial charge in [0.15, 0.2) is 0 Å². The number of aromatic nitrogens is 3. The number of aliphatic hydroxyl groups excluding tert-OH is 1. The fourth-order valence-electron chi connectivity index (χ4n) is 2.25. The van der Waals surface area contributed by atoms with E-state index in [2.05, 4.69) is 41.5 Å². The maximum atomic E-state index is 8.95. The summed E-state index contributed by atoms with van der Waals surface area (Å²) in [6.45, 7) is 0.724. The van der Waals surface area contributed by atoms with Gasteiger partial charge >= 0.3 is 0 Å². The van der Waals surface area contributed by atoms with Gasteiger partial charge in [-0.2, -0.15) is 4.98 Å².